The second kappa shape index (κ2) is 7.56. The Labute approximate surface area is 153 Å². The number of carbonyl (C=O) groups is 1. The number of pyridine rings is 1. The number of piperidine rings is 1. The summed E-state index contributed by atoms with van der Waals surface area (Å²) in [6.45, 7) is 5.23. The number of nitrogens with one attached hydrogen (secondary N) is 1. The third-order valence-corrected chi connectivity index (χ3v) is 5.04. The smallest absolute Gasteiger partial charge is 0.223 e. The fraction of sp³-hybridized carbons (Fsp3) is 0.474. The van der Waals surface area contributed by atoms with Crippen molar-refractivity contribution in [2.75, 3.05) is 18.4 Å². The summed E-state index contributed by atoms with van der Waals surface area (Å²) < 4.78 is 1.77. The van der Waals surface area contributed by atoms with Crippen LogP contribution in [0.25, 0.3) is 0 Å². The fourth-order valence-electron chi connectivity index (χ4n) is 3.71. The Hall–Kier alpha value is -2.88. The summed E-state index contributed by atoms with van der Waals surface area (Å²) in [6, 6.07) is 4.04. The minimum absolute atomic E-state index is 0.0159. The average Bonchev–Trinajstić information content (AvgIpc) is 3.06. The molecule has 7 heteroatoms. The molecule has 0 bridgehead atoms. The first kappa shape index (κ1) is 17.9. The van der Waals surface area contributed by atoms with Gasteiger partial charge in [-0.15, -0.1) is 0 Å². The molecule has 0 radical (unpaired) electrons. The summed E-state index contributed by atoms with van der Waals surface area (Å²) in [5.41, 5.74) is 2.53. The van der Waals surface area contributed by atoms with E-state index in [9.17, 15) is 10.1 Å². The van der Waals surface area contributed by atoms with Crippen molar-refractivity contribution in [3.05, 3.63) is 41.3 Å². The summed E-state index contributed by atoms with van der Waals surface area (Å²) in [4.78, 5) is 18.7. The maximum Gasteiger partial charge on any atom is 0.223 e. The van der Waals surface area contributed by atoms with Crippen molar-refractivity contribution in [3.8, 4) is 6.07 Å². The molecule has 1 aliphatic heterocycles. The van der Waals surface area contributed by atoms with E-state index in [-0.39, 0.29) is 17.9 Å². The lowest BCUT2D eigenvalue weighted by molar-refractivity contribution is -0.138. The van der Waals surface area contributed by atoms with Crippen LogP contribution in [0.15, 0.2) is 24.7 Å². The average molecular weight is 352 g/mol. The SMILES string of the molecule is CCN1C(=O)CC[C@H](CNc2nccc(C)c2C#N)[C@H]1c1cnn(C)c1. The Kier molecular flexibility index (Phi) is 5.21. The van der Waals surface area contributed by atoms with E-state index in [1.54, 1.807) is 10.9 Å². The molecule has 1 saturated heterocycles. The minimum atomic E-state index is -0.0159. The van der Waals surface area contributed by atoms with Crippen molar-refractivity contribution < 1.29 is 4.79 Å². The number of likely N-dealkylation sites (tertiary alicyclic amines) is 1. The molecule has 0 aromatic carbocycles. The molecular formula is C19H24N6O. The lowest BCUT2D eigenvalue weighted by Gasteiger charge is -2.40. The summed E-state index contributed by atoms with van der Waals surface area (Å²) in [7, 11) is 1.88. The van der Waals surface area contributed by atoms with Gasteiger partial charge in [-0.1, -0.05) is 0 Å². The second-order valence-electron chi connectivity index (χ2n) is 6.71. The topological polar surface area (TPSA) is 86.8 Å². The first-order valence-corrected chi connectivity index (χ1v) is 8.92. The molecule has 3 rings (SSSR count). The van der Waals surface area contributed by atoms with Gasteiger partial charge in [0.05, 0.1) is 17.8 Å². The number of nitrogens with zero attached hydrogens (tertiary/aromatic N) is 5. The largest absolute Gasteiger partial charge is 0.369 e. The molecule has 7 nitrogen and oxygen atoms in total. The molecule has 2 aromatic rings. The number of aromatic nitrogens is 3. The molecule has 26 heavy (non-hydrogen) atoms. The number of carbonyl (C=O) groups excluding carboxylic acids is 1. The highest BCUT2D eigenvalue weighted by molar-refractivity contribution is 5.77. The van der Waals surface area contributed by atoms with E-state index < -0.39 is 0 Å². The van der Waals surface area contributed by atoms with E-state index in [4.69, 9.17) is 0 Å². The molecule has 0 saturated carbocycles. The van der Waals surface area contributed by atoms with E-state index in [2.05, 4.69) is 21.5 Å². The summed E-state index contributed by atoms with van der Waals surface area (Å²) in [5, 5.41) is 17.0. The van der Waals surface area contributed by atoms with Crippen LogP contribution < -0.4 is 5.32 Å². The van der Waals surface area contributed by atoms with Gasteiger partial charge in [0.2, 0.25) is 5.91 Å². The van der Waals surface area contributed by atoms with Gasteiger partial charge in [-0.05, 0) is 31.9 Å². The molecule has 1 fully saturated rings. The van der Waals surface area contributed by atoms with Gasteiger partial charge in [0.1, 0.15) is 11.9 Å². The van der Waals surface area contributed by atoms with E-state index in [0.29, 0.717) is 30.9 Å². The highest BCUT2D eigenvalue weighted by atomic mass is 16.2. The van der Waals surface area contributed by atoms with Gasteiger partial charge in [-0.3, -0.25) is 9.48 Å². The zero-order valence-corrected chi connectivity index (χ0v) is 15.4. The van der Waals surface area contributed by atoms with Crippen LogP contribution in [0.5, 0.6) is 0 Å². The zero-order valence-electron chi connectivity index (χ0n) is 15.4. The number of hydrogen-bond donors (Lipinski definition) is 1. The van der Waals surface area contributed by atoms with Gasteiger partial charge in [-0.2, -0.15) is 10.4 Å². The molecule has 1 N–H and O–H groups in total. The second-order valence-corrected chi connectivity index (χ2v) is 6.71. The lowest BCUT2D eigenvalue weighted by Crippen LogP contribution is -2.44. The third kappa shape index (κ3) is 3.40. The first-order chi connectivity index (χ1) is 12.5. The molecule has 3 heterocycles. The Balaban J connectivity index is 1.84. The normalized spacial score (nSPS) is 20.1. The molecule has 1 amide bonds. The third-order valence-electron chi connectivity index (χ3n) is 5.04. The van der Waals surface area contributed by atoms with Crippen LogP contribution in [0, 0.1) is 24.2 Å². The van der Waals surface area contributed by atoms with Crippen LogP contribution in [0.2, 0.25) is 0 Å². The molecule has 0 unspecified atom stereocenters. The van der Waals surface area contributed by atoms with Crippen molar-refractivity contribution in [1.82, 2.24) is 19.7 Å². The van der Waals surface area contributed by atoms with Crippen LogP contribution in [-0.2, 0) is 11.8 Å². The highest BCUT2D eigenvalue weighted by Crippen LogP contribution is 2.36. The summed E-state index contributed by atoms with van der Waals surface area (Å²) >= 11 is 0. The Morgan fingerprint density at radius 2 is 2.27 bits per heavy atom. The summed E-state index contributed by atoms with van der Waals surface area (Å²) in [5.74, 6) is 1.02. The molecule has 0 spiro atoms. The van der Waals surface area contributed by atoms with Gasteiger partial charge in [0.15, 0.2) is 0 Å². The number of hydrogen-bond acceptors (Lipinski definition) is 5. The molecule has 136 valence electrons. The van der Waals surface area contributed by atoms with E-state index in [0.717, 1.165) is 17.5 Å². The van der Waals surface area contributed by atoms with E-state index in [1.807, 2.05) is 44.3 Å². The Morgan fingerprint density at radius 3 is 2.92 bits per heavy atom. The maximum absolute atomic E-state index is 12.4. The van der Waals surface area contributed by atoms with Crippen molar-refractivity contribution in [2.45, 2.75) is 32.7 Å². The number of rotatable bonds is 5. The maximum atomic E-state index is 12.4. The van der Waals surface area contributed by atoms with Crippen LogP contribution in [0.3, 0.4) is 0 Å². The van der Waals surface area contributed by atoms with Gasteiger partial charge in [0, 0.05) is 50.4 Å². The van der Waals surface area contributed by atoms with Crippen molar-refractivity contribution in [1.29, 1.82) is 5.26 Å². The monoisotopic (exact) mass is 352 g/mol. The number of aryl methyl sites for hydroxylation is 2. The van der Waals surface area contributed by atoms with Crippen molar-refractivity contribution >= 4 is 11.7 Å². The van der Waals surface area contributed by atoms with E-state index >= 15 is 0 Å². The molecule has 1 aliphatic rings. The van der Waals surface area contributed by atoms with Crippen LogP contribution >= 0.6 is 0 Å². The fourth-order valence-corrected chi connectivity index (χ4v) is 3.71. The molecule has 2 atom stereocenters. The summed E-state index contributed by atoms with van der Waals surface area (Å²) in [6.07, 6.45) is 6.87. The molecule has 2 aromatic heterocycles. The molecular weight excluding hydrogens is 328 g/mol. The number of anilines is 1. The lowest BCUT2D eigenvalue weighted by atomic mass is 9.85. The quantitative estimate of drug-likeness (QED) is 0.893. The van der Waals surface area contributed by atoms with Gasteiger partial charge < -0.3 is 10.2 Å². The van der Waals surface area contributed by atoms with Gasteiger partial charge in [-0.25, -0.2) is 4.98 Å². The van der Waals surface area contributed by atoms with Gasteiger partial charge >= 0.3 is 0 Å². The Bertz CT molecular complexity index is 837. The van der Waals surface area contributed by atoms with Crippen molar-refractivity contribution in [3.63, 3.8) is 0 Å². The highest BCUT2D eigenvalue weighted by Gasteiger charge is 2.36. The number of amides is 1. The van der Waals surface area contributed by atoms with Crippen molar-refractivity contribution in [2.24, 2.45) is 13.0 Å². The van der Waals surface area contributed by atoms with Crippen LogP contribution in [-0.4, -0.2) is 38.7 Å². The minimum Gasteiger partial charge on any atom is -0.369 e. The predicted molar refractivity (Wildman–Crippen MR) is 98.2 cm³/mol. The van der Waals surface area contributed by atoms with Gasteiger partial charge in [0.25, 0.3) is 0 Å². The first-order valence-electron chi connectivity index (χ1n) is 8.92. The van der Waals surface area contributed by atoms with Crippen LogP contribution in [0.4, 0.5) is 5.82 Å². The van der Waals surface area contributed by atoms with Crippen LogP contribution in [0.1, 0.15) is 42.5 Å². The zero-order chi connectivity index (χ0) is 18.7. The van der Waals surface area contributed by atoms with E-state index in [1.165, 1.54) is 0 Å². The predicted octanol–water partition coefficient (Wildman–Crippen LogP) is 2.41. The molecule has 0 aliphatic carbocycles. The number of nitriles is 1. The standard InChI is InChI=1S/C19H24N6O/c1-4-25-17(26)6-5-14(18(25)15-11-23-24(3)12-15)10-22-19-16(9-20)13(2)7-8-21-19/h7-8,11-12,14,18H,4-6,10H2,1-3H3,(H,21,22)/t14-,18+/m1/s1. The Morgan fingerprint density at radius 1 is 1.46 bits per heavy atom.